The molecular weight excluding hydrogens is 496 g/mol. The Morgan fingerprint density at radius 3 is 2.31 bits per heavy atom. The molecule has 0 spiro atoms. The first-order valence-corrected chi connectivity index (χ1v) is 12.2. The van der Waals surface area contributed by atoms with E-state index in [1.165, 1.54) is 0 Å². The molecule has 0 fully saturated rings. The number of carbonyl (C=O) groups excluding carboxylic acids is 2. The number of imidazole rings is 1. The number of primary amides is 1. The lowest BCUT2D eigenvalue weighted by atomic mass is 10.2. The van der Waals surface area contributed by atoms with Crippen LogP contribution in [-0.4, -0.2) is 51.6 Å². The van der Waals surface area contributed by atoms with E-state index < -0.39 is 18.0 Å². The number of nitrogens with two attached hydrogens (primary N) is 1. The second kappa shape index (κ2) is 11.3. The standard InChI is InChI=1S/C28H26N8O3/c1-30-27-31-15-14-22(34-27)26-32-21-13-12-20(16-23(21)33-26)39-28(38)35-24(25(29)37)17-36(18-8-4-2-5-9-18)19-10-6-3-7-11-19/h2-16,24H,17H2,1H3,(H2,29,37)(H,32,33)(H,35,38)(H,30,31,34)/t24-/m0/s1. The van der Waals surface area contributed by atoms with Gasteiger partial charge in [-0.25, -0.2) is 19.7 Å². The van der Waals surface area contributed by atoms with E-state index in [1.807, 2.05) is 65.6 Å². The summed E-state index contributed by atoms with van der Waals surface area (Å²) >= 11 is 0. The molecule has 0 aliphatic heterocycles. The van der Waals surface area contributed by atoms with Crippen LogP contribution in [0.25, 0.3) is 22.6 Å². The molecule has 0 unspecified atom stereocenters. The Morgan fingerprint density at radius 2 is 1.67 bits per heavy atom. The van der Waals surface area contributed by atoms with Crippen molar-refractivity contribution in [1.82, 2.24) is 25.3 Å². The molecule has 2 amide bonds. The normalized spacial score (nSPS) is 11.5. The molecule has 5 N–H and O–H groups in total. The van der Waals surface area contributed by atoms with Gasteiger partial charge in [0.2, 0.25) is 11.9 Å². The highest BCUT2D eigenvalue weighted by molar-refractivity contribution is 5.86. The molecule has 0 saturated heterocycles. The quantitative estimate of drug-likeness (QED) is 0.228. The Hall–Kier alpha value is -5.45. The lowest BCUT2D eigenvalue weighted by Crippen LogP contribution is -2.51. The number of rotatable bonds is 9. The van der Waals surface area contributed by atoms with E-state index in [0.29, 0.717) is 23.0 Å². The van der Waals surface area contributed by atoms with Crippen LogP contribution in [0, 0.1) is 0 Å². The average molecular weight is 523 g/mol. The van der Waals surface area contributed by atoms with Crippen molar-refractivity contribution in [3.05, 3.63) is 91.1 Å². The van der Waals surface area contributed by atoms with Gasteiger partial charge in [-0.3, -0.25) is 4.79 Å². The van der Waals surface area contributed by atoms with E-state index in [0.717, 1.165) is 16.9 Å². The fraction of sp³-hybridized carbons (Fsp3) is 0.107. The highest BCUT2D eigenvalue weighted by Crippen LogP contribution is 2.26. The maximum absolute atomic E-state index is 12.8. The monoisotopic (exact) mass is 522 g/mol. The molecule has 196 valence electrons. The van der Waals surface area contributed by atoms with Gasteiger partial charge >= 0.3 is 6.09 Å². The highest BCUT2D eigenvalue weighted by Gasteiger charge is 2.24. The maximum atomic E-state index is 12.8. The molecule has 0 radical (unpaired) electrons. The topological polar surface area (TPSA) is 151 Å². The van der Waals surface area contributed by atoms with E-state index in [4.69, 9.17) is 10.5 Å². The number of carbonyl (C=O) groups is 2. The number of ether oxygens (including phenoxy) is 1. The number of benzene rings is 3. The Morgan fingerprint density at radius 1 is 0.974 bits per heavy atom. The van der Waals surface area contributed by atoms with Crippen LogP contribution in [0.15, 0.2) is 91.1 Å². The molecule has 0 aliphatic rings. The van der Waals surface area contributed by atoms with Crippen molar-refractivity contribution in [3.63, 3.8) is 0 Å². The zero-order valence-corrected chi connectivity index (χ0v) is 21.0. The molecule has 11 nitrogen and oxygen atoms in total. The first-order valence-electron chi connectivity index (χ1n) is 12.2. The number of hydrogen-bond donors (Lipinski definition) is 4. The summed E-state index contributed by atoms with van der Waals surface area (Å²) in [6.07, 6.45) is 0.816. The van der Waals surface area contributed by atoms with E-state index in [9.17, 15) is 9.59 Å². The maximum Gasteiger partial charge on any atom is 0.413 e. The van der Waals surface area contributed by atoms with Gasteiger partial charge in [-0.15, -0.1) is 0 Å². The van der Waals surface area contributed by atoms with Crippen LogP contribution < -0.4 is 26.0 Å². The van der Waals surface area contributed by atoms with Crippen LogP contribution in [0.3, 0.4) is 0 Å². The average Bonchev–Trinajstić information content (AvgIpc) is 3.39. The number of anilines is 3. The van der Waals surface area contributed by atoms with Crippen LogP contribution in [-0.2, 0) is 4.79 Å². The van der Waals surface area contributed by atoms with Gasteiger partial charge in [0.1, 0.15) is 17.5 Å². The molecule has 11 heteroatoms. The molecule has 3 aromatic carbocycles. The zero-order chi connectivity index (χ0) is 27.2. The Kier molecular flexibility index (Phi) is 7.30. The number of hydrogen-bond acceptors (Lipinski definition) is 8. The van der Waals surface area contributed by atoms with Crippen molar-refractivity contribution in [2.45, 2.75) is 6.04 Å². The summed E-state index contributed by atoms with van der Waals surface area (Å²) in [4.78, 5) is 43.3. The third-order valence-electron chi connectivity index (χ3n) is 5.92. The molecule has 1 atom stereocenters. The summed E-state index contributed by atoms with van der Waals surface area (Å²) in [7, 11) is 1.73. The van der Waals surface area contributed by atoms with Crippen LogP contribution in [0.5, 0.6) is 5.75 Å². The van der Waals surface area contributed by atoms with Crippen LogP contribution in [0.4, 0.5) is 22.1 Å². The molecule has 5 rings (SSSR count). The molecule has 5 aromatic rings. The Bertz CT molecular complexity index is 1550. The summed E-state index contributed by atoms with van der Waals surface area (Å²) in [6, 6.07) is 24.7. The number of amides is 2. The van der Waals surface area contributed by atoms with Gasteiger partial charge in [-0.2, -0.15) is 0 Å². The smallest absolute Gasteiger partial charge is 0.410 e. The first-order chi connectivity index (χ1) is 19.0. The van der Waals surface area contributed by atoms with Crippen molar-refractivity contribution in [3.8, 4) is 17.3 Å². The van der Waals surface area contributed by atoms with Gasteiger partial charge in [0, 0.05) is 30.7 Å². The minimum atomic E-state index is -1.03. The summed E-state index contributed by atoms with van der Waals surface area (Å²) in [6.45, 7) is 0.105. The molecular formula is C28H26N8O3. The van der Waals surface area contributed by atoms with E-state index in [2.05, 4.69) is 30.6 Å². The lowest BCUT2D eigenvalue weighted by molar-refractivity contribution is -0.119. The number of nitrogens with zero attached hydrogens (tertiary/aromatic N) is 4. The number of aromatic amines is 1. The van der Waals surface area contributed by atoms with Crippen molar-refractivity contribution in [1.29, 1.82) is 0 Å². The van der Waals surface area contributed by atoms with Gasteiger partial charge in [-0.1, -0.05) is 36.4 Å². The van der Waals surface area contributed by atoms with Gasteiger partial charge in [0.25, 0.3) is 0 Å². The number of aromatic nitrogens is 4. The van der Waals surface area contributed by atoms with Crippen molar-refractivity contribution >= 4 is 40.4 Å². The number of fused-ring (bicyclic) bond motifs is 1. The molecule has 0 bridgehead atoms. The minimum Gasteiger partial charge on any atom is -0.410 e. The summed E-state index contributed by atoms with van der Waals surface area (Å²) in [5.41, 5.74) is 9.27. The number of para-hydroxylation sites is 2. The largest absolute Gasteiger partial charge is 0.413 e. The predicted molar refractivity (Wildman–Crippen MR) is 149 cm³/mol. The number of H-pyrrole nitrogens is 1. The fourth-order valence-electron chi connectivity index (χ4n) is 4.03. The predicted octanol–water partition coefficient (Wildman–Crippen LogP) is 3.84. The van der Waals surface area contributed by atoms with Crippen LogP contribution >= 0.6 is 0 Å². The third-order valence-corrected chi connectivity index (χ3v) is 5.92. The Labute approximate surface area is 224 Å². The van der Waals surface area contributed by atoms with Crippen molar-refractivity contribution < 1.29 is 14.3 Å². The van der Waals surface area contributed by atoms with E-state index in [1.54, 1.807) is 37.5 Å². The lowest BCUT2D eigenvalue weighted by Gasteiger charge is -2.28. The van der Waals surface area contributed by atoms with Crippen molar-refractivity contribution in [2.24, 2.45) is 5.73 Å². The molecule has 0 saturated carbocycles. The van der Waals surface area contributed by atoms with Crippen molar-refractivity contribution in [2.75, 3.05) is 23.8 Å². The second-order valence-corrected chi connectivity index (χ2v) is 8.55. The first kappa shape index (κ1) is 25.2. The summed E-state index contributed by atoms with van der Waals surface area (Å²) in [5.74, 6) is 0.571. The fourth-order valence-corrected chi connectivity index (χ4v) is 4.03. The van der Waals surface area contributed by atoms with Gasteiger partial charge in [0.05, 0.1) is 17.6 Å². The number of nitrogens with one attached hydrogen (secondary N) is 3. The van der Waals surface area contributed by atoms with Gasteiger partial charge in [-0.05, 0) is 42.5 Å². The third kappa shape index (κ3) is 5.93. The highest BCUT2D eigenvalue weighted by atomic mass is 16.6. The zero-order valence-electron chi connectivity index (χ0n) is 21.0. The second-order valence-electron chi connectivity index (χ2n) is 8.55. The summed E-state index contributed by atoms with van der Waals surface area (Å²) in [5, 5.41) is 5.49. The van der Waals surface area contributed by atoms with Crippen LogP contribution in [0.1, 0.15) is 0 Å². The molecule has 39 heavy (non-hydrogen) atoms. The molecule has 0 aliphatic carbocycles. The SMILES string of the molecule is CNc1nccc(-c2nc3cc(OC(=O)N[C@@H](CN(c4ccccc4)c4ccccc4)C(N)=O)ccc3[nH]2)n1. The molecule has 2 aromatic heterocycles. The molecule has 2 heterocycles. The van der Waals surface area contributed by atoms with Crippen LogP contribution in [0.2, 0.25) is 0 Å². The summed E-state index contributed by atoms with van der Waals surface area (Å²) < 4.78 is 5.48. The van der Waals surface area contributed by atoms with Gasteiger partial charge < -0.3 is 31.0 Å². The Balaban J connectivity index is 1.31. The van der Waals surface area contributed by atoms with E-state index >= 15 is 0 Å². The minimum absolute atomic E-state index is 0.105. The van der Waals surface area contributed by atoms with Gasteiger partial charge in [0.15, 0.2) is 5.82 Å². The van der Waals surface area contributed by atoms with E-state index in [-0.39, 0.29) is 12.3 Å².